The van der Waals surface area contributed by atoms with Crippen LogP contribution >= 0.6 is 11.8 Å². The number of carbonyl (C=O) groups is 1. The number of carbonyl (C=O) groups excluding carboxylic acids is 1. The second-order valence-electron chi connectivity index (χ2n) is 6.74. The Hall–Kier alpha value is -2.60. The van der Waals surface area contributed by atoms with E-state index in [1.165, 1.54) is 11.8 Å². The Morgan fingerprint density at radius 3 is 2.14 bits per heavy atom. The minimum absolute atomic E-state index is 0.0829. The van der Waals surface area contributed by atoms with Crippen LogP contribution in [0.5, 0.6) is 0 Å². The number of nitrogens with one attached hydrogen (secondary N) is 1. The molecule has 1 unspecified atom stereocenters. The maximum atomic E-state index is 13.2. The first kappa shape index (κ1) is 20.1. The van der Waals surface area contributed by atoms with Crippen molar-refractivity contribution in [1.82, 2.24) is 20.1 Å². The molecule has 0 spiro atoms. The molecule has 1 atom stereocenters. The van der Waals surface area contributed by atoms with Crippen molar-refractivity contribution in [3.8, 4) is 0 Å². The Morgan fingerprint density at radius 2 is 1.61 bits per heavy atom. The topological polar surface area (TPSA) is 61.9 Å². The maximum Gasteiger partial charge on any atom is 0.236 e. The number of hydrogen-bond donors (Lipinski definition) is 1. The molecule has 0 bridgehead atoms. The fourth-order valence-corrected chi connectivity index (χ4v) is 3.79. The normalized spacial score (nSPS) is 11.9. The number of hydrogen-bond acceptors (Lipinski definition) is 4. The molecule has 146 valence electrons. The third-order valence-corrected chi connectivity index (χ3v) is 5.32. The lowest BCUT2D eigenvalue weighted by atomic mass is 10.1. The first-order chi connectivity index (χ1) is 13.7. The molecule has 3 rings (SSSR count). The molecule has 0 radical (unpaired) electrons. The van der Waals surface area contributed by atoms with E-state index < -0.39 is 0 Å². The van der Waals surface area contributed by atoms with Crippen LogP contribution in [0.3, 0.4) is 0 Å². The van der Waals surface area contributed by atoms with Crippen LogP contribution in [0.25, 0.3) is 0 Å². The van der Waals surface area contributed by atoms with E-state index in [4.69, 9.17) is 0 Å². The van der Waals surface area contributed by atoms with Crippen molar-refractivity contribution in [2.24, 2.45) is 0 Å². The Labute approximate surface area is 170 Å². The maximum absolute atomic E-state index is 13.2. The van der Waals surface area contributed by atoms with Gasteiger partial charge in [-0.25, -0.2) is 4.98 Å². The minimum Gasteiger partial charge on any atom is -0.333 e. The third-order valence-electron chi connectivity index (χ3n) is 4.37. The zero-order chi connectivity index (χ0) is 19.8. The SMILES string of the molecule is CCCc1nc(SC(C)C(=O)N(Cc2ccccc2)Cc2ccccc2)n[nH]1. The Morgan fingerprint density at radius 1 is 1.04 bits per heavy atom. The summed E-state index contributed by atoms with van der Waals surface area (Å²) in [5.74, 6) is 0.953. The van der Waals surface area contributed by atoms with Crippen LogP contribution in [-0.4, -0.2) is 31.2 Å². The summed E-state index contributed by atoms with van der Waals surface area (Å²) in [6.07, 6.45) is 1.87. The van der Waals surface area contributed by atoms with Crippen LogP contribution < -0.4 is 0 Å². The van der Waals surface area contributed by atoms with Gasteiger partial charge in [0.05, 0.1) is 5.25 Å². The quantitative estimate of drug-likeness (QED) is 0.544. The number of nitrogens with zero attached hydrogens (tertiary/aromatic N) is 3. The predicted molar refractivity (Wildman–Crippen MR) is 113 cm³/mol. The van der Waals surface area contributed by atoms with Gasteiger partial charge in [0.1, 0.15) is 5.82 Å². The van der Waals surface area contributed by atoms with Gasteiger partial charge < -0.3 is 4.90 Å². The number of H-pyrrole nitrogens is 1. The van der Waals surface area contributed by atoms with Gasteiger partial charge in [0, 0.05) is 19.5 Å². The molecule has 1 amide bonds. The van der Waals surface area contributed by atoms with Gasteiger partial charge in [-0.3, -0.25) is 9.89 Å². The van der Waals surface area contributed by atoms with Crippen LogP contribution in [0.4, 0.5) is 0 Å². The fourth-order valence-electron chi connectivity index (χ4n) is 2.96. The summed E-state index contributed by atoms with van der Waals surface area (Å²) in [6.45, 7) is 5.18. The summed E-state index contributed by atoms with van der Waals surface area (Å²) in [4.78, 5) is 19.6. The molecule has 0 aliphatic rings. The van der Waals surface area contributed by atoms with Crippen molar-refractivity contribution in [2.45, 2.75) is 50.2 Å². The van der Waals surface area contributed by atoms with Crippen molar-refractivity contribution in [2.75, 3.05) is 0 Å². The Balaban J connectivity index is 1.72. The van der Waals surface area contributed by atoms with Crippen LogP contribution in [0.15, 0.2) is 65.8 Å². The predicted octanol–water partition coefficient (Wildman–Crippen LogP) is 4.47. The summed E-state index contributed by atoms with van der Waals surface area (Å²) in [5.41, 5.74) is 2.24. The van der Waals surface area contributed by atoms with Crippen molar-refractivity contribution >= 4 is 17.7 Å². The molecule has 2 aromatic carbocycles. The molecule has 6 heteroatoms. The number of aryl methyl sites for hydroxylation is 1. The Kier molecular flexibility index (Phi) is 7.25. The second-order valence-corrected chi connectivity index (χ2v) is 8.05. The average molecular weight is 395 g/mol. The largest absolute Gasteiger partial charge is 0.333 e. The highest BCUT2D eigenvalue weighted by molar-refractivity contribution is 8.00. The molecular weight excluding hydrogens is 368 g/mol. The molecule has 0 saturated heterocycles. The standard InChI is InChI=1S/C22H26N4OS/c1-3-10-20-23-22(25-24-20)28-17(2)21(27)26(15-18-11-6-4-7-12-18)16-19-13-8-5-9-14-19/h4-9,11-14,17H,3,10,15-16H2,1-2H3,(H,23,24,25). The highest BCUT2D eigenvalue weighted by Crippen LogP contribution is 2.23. The fraction of sp³-hybridized carbons (Fsp3) is 0.318. The van der Waals surface area contributed by atoms with E-state index in [0.29, 0.717) is 18.2 Å². The van der Waals surface area contributed by atoms with E-state index in [0.717, 1.165) is 29.8 Å². The van der Waals surface area contributed by atoms with E-state index in [1.807, 2.05) is 48.2 Å². The number of amides is 1. The van der Waals surface area contributed by atoms with E-state index in [1.54, 1.807) is 0 Å². The zero-order valence-corrected chi connectivity index (χ0v) is 17.2. The Bertz CT molecular complexity index is 825. The van der Waals surface area contributed by atoms with E-state index >= 15 is 0 Å². The van der Waals surface area contributed by atoms with Crippen molar-refractivity contribution in [1.29, 1.82) is 0 Å². The molecule has 0 fully saturated rings. The molecule has 1 heterocycles. The number of aromatic nitrogens is 3. The molecule has 5 nitrogen and oxygen atoms in total. The van der Waals surface area contributed by atoms with Crippen LogP contribution in [0, 0.1) is 0 Å². The molecular formula is C22H26N4OS. The third kappa shape index (κ3) is 5.70. The van der Waals surface area contributed by atoms with Crippen LogP contribution in [0.2, 0.25) is 0 Å². The van der Waals surface area contributed by atoms with Gasteiger partial charge in [-0.15, -0.1) is 5.10 Å². The minimum atomic E-state index is -0.266. The molecule has 0 aliphatic carbocycles. The van der Waals surface area contributed by atoms with Crippen molar-refractivity contribution < 1.29 is 4.79 Å². The molecule has 1 aromatic heterocycles. The van der Waals surface area contributed by atoms with Crippen molar-refractivity contribution in [3.05, 3.63) is 77.6 Å². The van der Waals surface area contributed by atoms with Gasteiger partial charge in [-0.05, 0) is 24.5 Å². The lowest BCUT2D eigenvalue weighted by Crippen LogP contribution is -2.35. The van der Waals surface area contributed by atoms with E-state index in [-0.39, 0.29) is 11.2 Å². The molecule has 0 saturated carbocycles. The van der Waals surface area contributed by atoms with Crippen LogP contribution in [0.1, 0.15) is 37.2 Å². The smallest absolute Gasteiger partial charge is 0.236 e. The van der Waals surface area contributed by atoms with E-state index in [2.05, 4.69) is 46.4 Å². The number of benzene rings is 2. The molecule has 28 heavy (non-hydrogen) atoms. The van der Waals surface area contributed by atoms with Gasteiger partial charge in [0.2, 0.25) is 11.1 Å². The van der Waals surface area contributed by atoms with Gasteiger partial charge in [0.25, 0.3) is 0 Å². The van der Waals surface area contributed by atoms with Gasteiger partial charge in [-0.2, -0.15) is 0 Å². The molecule has 1 N–H and O–H groups in total. The number of thioether (sulfide) groups is 1. The van der Waals surface area contributed by atoms with Gasteiger partial charge in [-0.1, -0.05) is 79.3 Å². The molecule has 0 aliphatic heterocycles. The summed E-state index contributed by atoms with van der Waals surface area (Å²) < 4.78 is 0. The summed E-state index contributed by atoms with van der Waals surface area (Å²) >= 11 is 1.40. The monoisotopic (exact) mass is 394 g/mol. The zero-order valence-electron chi connectivity index (χ0n) is 16.3. The highest BCUT2D eigenvalue weighted by Gasteiger charge is 2.23. The first-order valence-corrected chi connectivity index (χ1v) is 10.5. The lowest BCUT2D eigenvalue weighted by molar-refractivity contribution is -0.131. The van der Waals surface area contributed by atoms with Gasteiger partial charge in [0.15, 0.2) is 0 Å². The average Bonchev–Trinajstić information content (AvgIpc) is 3.15. The number of aromatic amines is 1. The number of rotatable bonds is 9. The highest BCUT2D eigenvalue weighted by atomic mass is 32.2. The summed E-state index contributed by atoms with van der Waals surface area (Å²) in [5, 5.41) is 7.56. The summed E-state index contributed by atoms with van der Waals surface area (Å²) in [7, 11) is 0. The lowest BCUT2D eigenvalue weighted by Gasteiger charge is -2.25. The molecule has 3 aromatic rings. The van der Waals surface area contributed by atoms with E-state index in [9.17, 15) is 4.79 Å². The van der Waals surface area contributed by atoms with Crippen molar-refractivity contribution in [3.63, 3.8) is 0 Å². The van der Waals surface area contributed by atoms with Crippen LogP contribution in [-0.2, 0) is 24.3 Å². The van der Waals surface area contributed by atoms with Gasteiger partial charge >= 0.3 is 0 Å². The second kappa shape index (κ2) is 10.1. The summed E-state index contributed by atoms with van der Waals surface area (Å²) in [6, 6.07) is 20.2. The first-order valence-electron chi connectivity index (χ1n) is 9.60.